The molecule has 1 amide bonds. The van der Waals surface area contributed by atoms with Gasteiger partial charge in [-0.2, -0.15) is 5.26 Å². The zero-order valence-electron chi connectivity index (χ0n) is 11.3. The zero-order chi connectivity index (χ0) is 14.2. The van der Waals surface area contributed by atoms with Gasteiger partial charge in [0.25, 0.3) is 0 Å². The molecule has 2 N–H and O–H groups in total. The van der Waals surface area contributed by atoms with E-state index in [0.717, 1.165) is 25.1 Å². The topological polar surface area (TPSA) is 74.2 Å². The van der Waals surface area contributed by atoms with Crippen LogP contribution in [0.1, 0.15) is 18.4 Å². The molecule has 1 aromatic rings. The molecule has 0 radical (unpaired) electrons. The number of piperidine rings is 1. The maximum Gasteiger partial charge on any atom is 0.407 e. The van der Waals surface area contributed by atoms with Gasteiger partial charge in [-0.15, -0.1) is 0 Å². The third kappa shape index (κ3) is 4.25. The fourth-order valence-corrected chi connectivity index (χ4v) is 2.36. The summed E-state index contributed by atoms with van der Waals surface area (Å²) in [7, 11) is 0. The first kappa shape index (κ1) is 14.4. The molecule has 0 aliphatic carbocycles. The summed E-state index contributed by atoms with van der Waals surface area (Å²) in [4.78, 5) is 11.8. The van der Waals surface area contributed by atoms with Crippen LogP contribution in [-0.2, 0) is 11.3 Å². The summed E-state index contributed by atoms with van der Waals surface area (Å²) >= 11 is 0. The minimum atomic E-state index is -0.413. The molecule has 2 rings (SSSR count). The highest BCUT2D eigenvalue weighted by Crippen LogP contribution is 2.15. The van der Waals surface area contributed by atoms with Crippen LogP contribution in [0.3, 0.4) is 0 Å². The minimum Gasteiger partial charge on any atom is -0.445 e. The summed E-state index contributed by atoms with van der Waals surface area (Å²) in [5, 5.41) is 14.9. The van der Waals surface area contributed by atoms with Gasteiger partial charge in [0.05, 0.1) is 6.07 Å². The SMILES string of the molecule is N#CC[C@H]1CNCC[C@@H]1NC(=O)OCc1ccccc1. The molecule has 1 aliphatic rings. The van der Waals surface area contributed by atoms with Crippen LogP contribution in [-0.4, -0.2) is 25.2 Å². The molecule has 1 aliphatic heterocycles. The quantitative estimate of drug-likeness (QED) is 0.877. The summed E-state index contributed by atoms with van der Waals surface area (Å²) < 4.78 is 5.20. The number of nitrogens with one attached hydrogen (secondary N) is 2. The van der Waals surface area contributed by atoms with E-state index in [9.17, 15) is 4.79 Å². The number of carbonyl (C=O) groups is 1. The van der Waals surface area contributed by atoms with Crippen molar-refractivity contribution in [2.75, 3.05) is 13.1 Å². The Morgan fingerprint density at radius 3 is 3.00 bits per heavy atom. The molecule has 5 heteroatoms. The van der Waals surface area contributed by atoms with E-state index in [1.165, 1.54) is 0 Å². The van der Waals surface area contributed by atoms with Crippen molar-refractivity contribution in [3.8, 4) is 6.07 Å². The van der Waals surface area contributed by atoms with Crippen LogP contribution in [0.4, 0.5) is 4.79 Å². The molecule has 2 atom stereocenters. The first-order valence-corrected chi connectivity index (χ1v) is 6.84. The number of benzene rings is 1. The first-order chi connectivity index (χ1) is 9.79. The minimum absolute atomic E-state index is 0.0131. The summed E-state index contributed by atoms with van der Waals surface area (Å²) in [6, 6.07) is 11.7. The highest BCUT2D eigenvalue weighted by atomic mass is 16.5. The Hall–Kier alpha value is -2.06. The maximum atomic E-state index is 11.8. The zero-order valence-corrected chi connectivity index (χ0v) is 11.3. The van der Waals surface area contributed by atoms with E-state index in [1.54, 1.807) is 0 Å². The molecule has 1 fully saturated rings. The van der Waals surface area contributed by atoms with Crippen LogP contribution in [0.2, 0.25) is 0 Å². The third-order valence-electron chi connectivity index (χ3n) is 3.48. The van der Waals surface area contributed by atoms with Gasteiger partial charge in [-0.05, 0) is 18.5 Å². The molecule has 106 valence electrons. The molecule has 0 bridgehead atoms. The number of hydrogen-bond acceptors (Lipinski definition) is 4. The lowest BCUT2D eigenvalue weighted by molar-refractivity contribution is 0.128. The highest BCUT2D eigenvalue weighted by molar-refractivity contribution is 5.67. The molecule has 0 aromatic heterocycles. The van der Waals surface area contributed by atoms with Crippen molar-refractivity contribution in [3.63, 3.8) is 0 Å². The van der Waals surface area contributed by atoms with E-state index >= 15 is 0 Å². The number of nitriles is 1. The van der Waals surface area contributed by atoms with Crippen molar-refractivity contribution in [2.45, 2.75) is 25.5 Å². The summed E-state index contributed by atoms with van der Waals surface area (Å²) in [5.41, 5.74) is 0.960. The lowest BCUT2D eigenvalue weighted by Gasteiger charge is -2.30. The summed E-state index contributed by atoms with van der Waals surface area (Å²) in [5.74, 6) is 0.151. The van der Waals surface area contributed by atoms with E-state index < -0.39 is 6.09 Å². The van der Waals surface area contributed by atoms with Gasteiger partial charge in [-0.1, -0.05) is 30.3 Å². The number of ether oxygens (including phenoxy) is 1. The number of hydrogen-bond donors (Lipinski definition) is 2. The van der Waals surface area contributed by atoms with Gasteiger partial charge >= 0.3 is 6.09 Å². The van der Waals surface area contributed by atoms with Gasteiger partial charge in [0, 0.05) is 24.9 Å². The molecule has 0 saturated carbocycles. The van der Waals surface area contributed by atoms with E-state index in [1.807, 2.05) is 30.3 Å². The third-order valence-corrected chi connectivity index (χ3v) is 3.48. The second kappa shape index (κ2) is 7.51. The number of alkyl carbamates (subject to hydrolysis) is 1. The van der Waals surface area contributed by atoms with E-state index in [-0.39, 0.29) is 18.6 Å². The summed E-state index contributed by atoms with van der Waals surface area (Å²) in [6.45, 7) is 1.88. The average Bonchev–Trinajstić information content (AvgIpc) is 2.49. The van der Waals surface area contributed by atoms with Gasteiger partial charge in [-0.3, -0.25) is 0 Å². The Kier molecular flexibility index (Phi) is 5.39. The van der Waals surface area contributed by atoms with E-state index in [0.29, 0.717) is 6.42 Å². The molecule has 5 nitrogen and oxygen atoms in total. The molecular formula is C15H19N3O2. The lowest BCUT2D eigenvalue weighted by Crippen LogP contribution is -2.49. The lowest BCUT2D eigenvalue weighted by atomic mass is 9.91. The highest BCUT2D eigenvalue weighted by Gasteiger charge is 2.26. The Labute approximate surface area is 118 Å². The van der Waals surface area contributed by atoms with Crippen molar-refractivity contribution < 1.29 is 9.53 Å². The Morgan fingerprint density at radius 1 is 1.45 bits per heavy atom. The molecule has 1 saturated heterocycles. The molecule has 1 aromatic carbocycles. The smallest absolute Gasteiger partial charge is 0.407 e. The standard InChI is InChI=1S/C15H19N3O2/c16-8-6-13-10-17-9-7-14(13)18-15(19)20-11-12-4-2-1-3-5-12/h1-5,13-14,17H,6-7,9-11H2,(H,18,19)/t13-,14-/m0/s1. The van der Waals surface area contributed by atoms with Crippen LogP contribution >= 0.6 is 0 Å². The van der Waals surface area contributed by atoms with Gasteiger partial charge < -0.3 is 15.4 Å². The van der Waals surface area contributed by atoms with Crippen LogP contribution in [0.25, 0.3) is 0 Å². The first-order valence-electron chi connectivity index (χ1n) is 6.84. The Balaban J connectivity index is 1.79. The van der Waals surface area contributed by atoms with Crippen LogP contribution in [0.15, 0.2) is 30.3 Å². The second-order valence-electron chi connectivity index (χ2n) is 4.93. The van der Waals surface area contributed by atoms with Crippen LogP contribution in [0.5, 0.6) is 0 Å². The van der Waals surface area contributed by atoms with Gasteiger partial charge in [-0.25, -0.2) is 4.79 Å². The van der Waals surface area contributed by atoms with Crippen molar-refractivity contribution in [1.82, 2.24) is 10.6 Å². The Bertz CT molecular complexity index is 470. The average molecular weight is 273 g/mol. The molecule has 1 heterocycles. The second-order valence-corrected chi connectivity index (χ2v) is 4.93. The summed E-state index contributed by atoms with van der Waals surface area (Å²) in [6.07, 6.45) is 0.854. The predicted molar refractivity (Wildman–Crippen MR) is 74.8 cm³/mol. The fraction of sp³-hybridized carbons (Fsp3) is 0.467. The van der Waals surface area contributed by atoms with Gasteiger partial charge in [0.1, 0.15) is 6.61 Å². The maximum absolute atomic E-state index is 11.8. The molecule has 20 heavy (non-hydrogen) atoms. The Morgan fingerprint density at radius 2 is 2.25 bits per heavy atom. The molecule has 0 unspecified atom stereocenters. The normalized spacial score (nSPS) is 21.8. The fourth-order valence-electron chi connectivity index (χ4n) is 2.36. The van der Waals surface area contributed by atoms with Gasteiger partial charge in [0.2, 0.25) is 0 Å². The number of nitrogens with zero attached hydrogens (tertiary/aromatic N) is 1. The molecule has 0 spiro atoms. The van der Waals surface area contributed by atoms with Crippen molar-refractivity contribution in [1.29, 1.82) is 5.26 Å². The van der Waals surface area contributed by atoms with Crippen molar-refractivity contribution >= 4 is 6.09 Å². The van der Waals surface area contributed by atoms with Crippen molar-refractivity contribution in [2.24, 2.45) is 5.92 Å². The van der Waals surface area contributed by atoms with E-state index in [4.69, 9.17) is 10.00 Å². The number of amides is 1. The predicted octanol–water partition coefficient (Wildman–Crippen LogP) is 1.80. The number of rotatable bonds is 4. The van der Waals surface area contributed by atoms with Crippen LogP contribution < -0.4 is 10.6 Å². The van der Waals surface area contributed by atoms with Gasteiger partial charge in [0.15, 0.2) is 0 Å². The largest absolute Gasteiger partial charge is 0.445 e. The number of carbonyl (C=O) groups excluding carboxylic acids is 1. The molecular weight excluding hydrogens is 254 g/mol. The van der Waals surface area contributed by atoms with E-state index in [2.05, 4.69) is 16.7 Å². The van der Waals surface area contributed by atoms with Crippen LogP contribution in [0, 0.1) is 17.2 Å². The van der Waals surface area contributed by atoms with Crippen molar-refractivity contribution in [3.05, 3.63) is 35.9 Å². The monoisotopic (exact) mass is 273 g/mol.